The SMILES string of the molecule is CC(O)C1(Cc2ccc(Cl)cc2[N+](=O)[O-])CC1. The van der Waals surface area contributed by atoms with Crippen molar-refractivity contribution in [2.24, 2.45) is 5.41 Å². The first kappa shape index (κ1) is 12.3. The van der Waals surface area contributed by atoms with E-state index in [4.69, 9.17) is 11.6 Å². The number of nitro groups is 1. The van der Waals surface area contributed by atoms with Crippen LogP contribution in [0.2, 0.25) is 5.02 Å². The molecule has 4 nitrogen and oxygen atoms in total. The smallest absolute Gasteiger partial charge is 0.274 e. The van der Waals surface area contributed by atoms with Crippen LogP contribution in [0.1, 0.15) is 25.3 Å². The molecule has 1 atom stereocenters. The highest BCUT2D eigenvalue weighted by molar-refractivity contribution is 6.30. The average Bonchev–Trinajstić information content (AvgIpc) is 3.01. The summed E-state index contributed by atoms with van der Waals surface area (Å²) in [6.45, 7) is 1.74. The van der Waals surface area contributed by atoms with Crippen LogP contribution in [-0.4, -0.2) is 16.1 Å². The second-order valence-corrected chi connectivity index (χ2v) is 5.18. The summed E-state index contributed by atoms with van der Waals surface area (Å²) in [5.41, 5.74) is 0.528. The van der Waals surface area contributed by atoms with Gasteiger partial charge < -0.3 is 5.11 Å². The van der Waals surface area contributed by atoms with Crippen molar-refractivity contribution in [1.82, 2.24) is 0 Å². The van der Waals surface area contributed by atoms with Gasteiger partial charge in [0, 0.05) is 22.1 Å². The van der Waals surface area contributed by atoms with Crippen LogP contribution in [0.4, 0.5) is 5.69 Å². The molecule has 0 bridgehead atoms. The molecule has 0 amide bonds. The minimum absolute atomic E-state index is 0.0458. The predicted molar refractivity (Wildman–Crippen MR) is 65.2 cm³/mol. The van der Waals surface area contributed by atoms with E-state index in [1.807, 2.05) is 0 Å². The van der Waals surface area contributed by atoms with E-state index >= 15 is 0 Å². The molecule has 0 aromatic heterocycles. The van der Waals surface area contributed by atoms with E-state index < -0.39 is 11.0 Å². The van der Waals surface area contributed by atoms with Crippen LogP contribution in [-0.2, 0) is 6.42 Å². The van der Waals surface area contributed by atoms with E-state index in [1.165, 1.54) is 6.07 Å². The fourth-order valence-corrected chi connectivity index (χ4v) is 2.30. The van der Waals surface area contributed by atoms with Crippen molar-refractivity contribution < 1.29 is 10.0 Å². The zero-order chi connectivity index (χ0) is 12.6. The summed E-state index contributed by atoms with van der Waals surface area (Å²) in [7, 11) is 0. The lowest BCUT2D eigenvalue weighted by molar-refractivity contribution is -0.385. The Labute approximate surface area is 104 Å². The van der Waals surface area contributed by atoms with Gasteiger partial charge in [0.05, 0.1) is 11.0 Å². The number of hydrogen-bond donors (Lipinski definition) is 1. The molecule has 5 heteroatoms. The van der Waals surface area contributed by atoms with Crippen molar-refractivity contribution in [1.29, 1.82) is 0 Å². The van der Waals surface area contributed by atoms with E-state index in [1.54, 1.807) is 19.1 Å². The second-order valence-electron chi connectivity index (χ2n) is 4.75. The number of nitro benzene ring substituents is 1. The third-order valence-corrected chi connectivity index (χ3v) is 3.80. The Morgan fingerprint density at radius 1 is 1.59 bits per heavy atom. The van der Waals surface area contributed by atoms with Crippen LogP contribution in [0.3, 0.4) is 0 Å². The van der Waals surface area contributed by atoms with Crippen molar-refractivity contribution >= 4 is 17.3 Å². The molecule has 1 aliphatic rings. The van der Waals surface area contributed by atoms with Gasteiger partial charge in [-0.2, -0.15) is 0 Å². The maximum atomic E-state index is 10.9. The molecular weight excluding hydrogens is 242 g/mol. The molecule has 1 fully saturated rings. The number of aliphatic hydroxyl groups excluding tert-OH is 1. The summed E-state index contributed by atoms with van der Waals surface area (Å²) < 4.78 is 0. The Morgan fingerprint density at radius 3 is 2.71 bits per heavy atom. The predicted octanol–water partition coefficient (Wildman–Crippen LogP) is 2.95. The number of halogens is 1. The monoisotopic (exact) mass is 255 g/mol. The van der Waals surface area contributed by atoms with Gasteiger partial charge in [0.15, 0.2) is 0 Å². The van der Waals surface area contributed by atoms with Crippen LogP contribution in [0, 0.1) is 15.5 Å². The Balaban J connectivity index is 2.30. The molecule has 0 saturated heterocycles. The first-order valence-corrected chi connectivity index (χ1v) is 5.93. The molecule has 0 radical (unpaired) electrons. The van der Waals surface area contributed by atoms with Crippen molar-refractivity contribution in [3.8, 4) is 0 Å². The summed E-state index contributed by atoms with van der Waals surface area (Å²) in [6, 6.07) is 4.71. The number of rotatable bonds is 4. The highest BCUT2D eigenvalue weighted by atomic mass is 35.5. The Bertz CT molecular complexity index is 455. The maximum absolute atomic E-state index is 10.9. The van der Waals surface area contributed by atoms with E-state index in [-0.39, 0.29) is 11.1 Å². The summed E-state index contributed by atoms with van der Waals surface area (Å²) in [5.74, 6) is 0. The van der Waals surface area contributed by atoms with Gasteiger partial charge in [-0.3, -0.25) is 10.1 Å². The first-order chi connectivity index (χ1) is 7.94. The zero-order valence-corrected chi connectivity index (χ0v) is 10.3. The molecule has 2 rings (SSSR count). The van der Waals surface area contributed by atoms with Crippen LogP contribution in [0.5, 0.6) is 0 Å². The lowest BCUT2D eigenvalue weighted by Crippen LogP contribution is -2.21. The molecule has 1 aromatic rings. The van der Waals surface area contributed by atoms with E-state index in [0.717, 1.165) is 12.8 Å². The third-order valence-electron chi connectivity index (χ3n) is 3.57. The van der Waals surface area contributed by atoms with Crippen molar-refractivity contribution in [2.75, 3.05) is 0 Å². The molecule has 1 aromatic carbocycles. The van der Waals surface area contributed by atoms with Gasteiger partial charge in [0.25, 0.3) is 5.69 Å². The van der Waals surface area contributed by atoms with Crippen LogP contribution in [0.15, 0.2) is 18.2 Å². The second kappa shape index (κ2) is 4.27. The van der Waals surface area contributed by atoms with Gasteiger partial charge in [-0.1, -0.05) is 17.7 Å². The minimum Gasteiger partial charge on any atom is -0.393 e. The summed E-state index contributed by atoms with van der Waals surface area (Å²) in [5, 5.41) is 21.0. The number of benzene rings is 1. The van der Waals surface area contributed by atoms with E-state index in [2.05, 4.69) is 0 Å². The zero-order valence-electron chi connectivity index (χ0n) is 9.52. The van der Waals surface area contributed by atoms with Gasteiger partial charge in [0.2, 0.25) is 0 Å². The topological polar surface area (TPSA) is 63.4 Å². The lowest BCUT2D eigenvalue weighted by Gasteiger charge is -2.18. The molecule has 0 aliphatic heterocycles. The highest BCUT2D eigenvalue weighted by Crippen LogP contribution is 2.52. The quantitative estimate of drug-likeness (QED) is 0.665. The van der Waals surface area contributed by atoms with Gasteiger partial charge >= 0.3 is 0 Å². The standard InChI is InChI=1S/C12H14ClNO3/c1-8(15)12(4-5-12)7-9-2-3-10(13)6-11(9)14(16)17/h2-3,6,8,15H,4-5,7H2,1H3. The van der Waals surface area contributed by atoms with Crippen LogP contribution >= 0.6 is 11.6 Å². The first-order valence-electron chi connectivity index (χ1n) is 5.55. The number of hydrogen-bond acceptors (Lipinski definition) is 3. The Hall–Kier alpha value is -1.13. The highest BCUT2D eigenvalue weighted by Gasteiger charge is 2.47. The molecule has 1 N–H and O–H groups in total. The Kier molecular flexibility index (Phi) is 3.10. The fourth-order valence-electron chi connectivity index (χ4n) is 2.14. The Morgan fingerprint density at radius 2 is 2.24 bits per heavy atom. The van der Waals surface area contributed by atoms with Gasteiger partial charge in [0.1, 0.15) is 0 Å². The van der Waals surface area contributed by atoms with E-state index in [9.17, 15) is 15.2 Å². The normalized spacial score (nSPS) is 18.8. The van der Waals surface area contributed by atoms with Gasteiger partial charge in [-0.25, -0.2) is 0 Å². The molecule has 0 spiro atoms. The molecule has 1 aliphatic carbocycles. The minimum atomic E-state index is -0.433. The van der Waals surface area contributed by atoms with Gasteiger partial charge in [-0.15, -0.1) is 0 Å². The number of aliphatic hydroxyl groups is 1. The van der Waals surface area contributed by atoms with Gasteiger partial charge in [-0.05, 0) is 32.3 Å². The number of nitrogens with zero attached hydrogens (tertiary/aromatic N) is 1. The summed E-state index contributed by atoms with van der Waals surface area (Å²) in [4.78, 5) is 10.5. The van der Waals surface area contributed by atoms with Crippen molar-refractivity contribution in [3.05, 3.63) is 38.9 Å². The maximum Gasteiger partial charge on any atom is 0.274 e. The summed E-state index contributed by atoms with van der Waals surface area (Å²) in [6.07, 6.45) is 1.95. The molecule has 1 saturated carbocycles. The molecule has 0 heterocycles. The van der Waals surface area contributed by atoms with Crippen LogP contribution in [0.25, 0.3) is 0 Å². The summed E-state index contributed by atoms with van der Waals surface area (Å²) >= 11 is 5.76. The largest absolute Gasteiger partial charge is 0.393 e. The van der Waals surface area contributed by atoms with Crippen molar-refractivity contribution in [3.63, 3.8) is 0 Å². The van der Waals surface area contributed by atoms with Crippen LogP contribution < -0.4 is 0 Å². The molecule has 92 valence electrons. The average molecular weight is 256 g/mol. The fraction of sp³-hybridized carbons (Fsp3) is 0.500. The molecular formula is C12H14ClNO3. The third kappa shape index (κ3) is 2.42. The van der Waals surface area contributed by atoms with E-state index in [0.29, 0.717) is 17.0 Å². The van der Waals surface area contributed by atoms with Crippen molar-refractivity contribution in [2.45, 2.75) is 32.3 Å². The lowest BCUT2D eigenvalue weighted by atomic mass is 9.91. The molecule has 17 heavy (non-hydrogen) atoms. The molecule has 1 unspecified atom stereocenters.